The van der Waals surface area contributed by atoms with E-state index < -0.39 is 40.8 Å². The number of fused-ring (bicyclic) bond motifs is 1. The van der Waals surface area contributed by atoms with Crippen molar-refractivity contribution >= 4 is 40.1 Å². The largest absolute Gasteiger partial charge is 0.380 e. The summed E-state index contributed by atoms with van der Waals surface area (Å²) in [7, 11) is 0. The molecule has 0 bridgehead atoms. The molecule has 1 aromatic carbocycles. The van der Waals surface area contributed by atoms with Gasteiger partial charge in [-0.3, -0.25) is 19.5 Å². The molecule has 0 aliphatic carbocycles. The predicted octanol–water partition coefficient (Wildman–Crippen LogP) is 1.39. The summed E-state index contributed by atoms with van der Waals surface area (Å²) in [6.07, 6.45) is 1.02. The number of halogens is 2. The molecule has 2 amide bonds. The summed E-state index contributed by atoms with van der Waals surface area (Å²) < 4.78 is 39.7. The number of rotatable bonds is 5. The van der Waals surface area contributed by atoms with Crippen LogP contribution in [0.25, 0.3) is 16.7 Å². The number of carbonyl (C=O) groups excluding carboxylic acids is 2. The zero-order valence-corrected chi connectivity index (χ0v) is 18.7. The Bertz CT molecular complexity index is 1470. The second kappa shape index (κ2) is 8.66. The molecular formula is C22H19F2N7O5. The van der Waals surface area contributed by atoms with Crippen molar-refractivity contribution in [3.8, 4) is 5.69 Å². The molecule has 1 aliphatic rings. The van der Waals surface area contributed by atoms with Crippen LogP contribution in [0.4, 0.5) is 26.1 Å². The summed E-state index contributed by atoms with van der Waals surface area (Å²) in [6.45, 7) is 1.26. The van der Waals surface area contributed by atoms with E-state index in [4.69, 9.17) is 15.0 Å². The highest BCUT2D eigenvalue weighted by Gasteiger charge is 2.51. The summed E-state index contributed by atoms with van der Waals surface area (Å²) >= 11 is 0. The molecule has 1 saturated heterocycles. The van der Waals surface area contributed by atoms with Gasteiger partial charge in [-0.25, -0.2) is 13.5 Å². The fourth-order valence-corrected chi connectivity index (χ4v) is 3.90. The molecule has 5 rings (SSSR count). The van der Waals surface area contributed by atoms with Gasteiger partial charge in [-0.15, -0.1) is 5.10 Å². The van der Waals surface area contributed by atoms with Gasteiger partial charge in [-0.1, -0.05) is 5.16 Å². The number of aliphatic hydroxyl groups is 1. The smallest absolute Gasteiger partial charge is 0.263 e. The molecule has 3 aromatic heterocycles. The molecule has 2 unspecified atom stereocenters. The SMILES string of the molecule is CC1(C(O)C(=O)Nc2ccc3c(N)noc3c2)OCCN(c2ccn(-c3c(F)cncc3F)n2)C1=O. The van der Waals surface area contributed by atoms with Gasteiger partial charge in [0, 0.05) is 24.0 Å². The van der Waals surface area contributed by atoms with Crippen molar-refractivity contribution in [3.63, 3.8) is 0 Å². The van der Waals surface area contributed by atoms with Crippen LogP contribution >= 0.6 is 0 Å². The highest BCUT2D eigenvalue weighted by Crippen LogP contribution is 2.29. The van der Waals surface area contributed by atoms with E-state index in [1.54, 1.807) is 6.07 Å². The quantitative estimate of drug-likeness (QED) is 0.368. The molecule has 14 heteroatoms. The van der Waals surface area contributed by atoms with E-state index in [-0.39, 0.29) is 30.5 Å². The van der Waals surface area contributed by atoms with Crippen molar-refractivity contribution in [1.29, 1.82) is 0 Å². The zero-order chi connectivity index (χ0) is 25.6. The first-order chi connectivity index (χ1) is 17.2. The summed E-state index contributed by atoms with van der Waals surface area (Å²) in [5.41, 5.74) is 3.83. The van der Waals surface area contributed by atoms with Gasteiger partial charge in [0.05, 0.1) is 30.9 Å². The van der Waals surface area contributed by atoms with Crippen LogP contribution in [0.1, 0.15) is 6.92 Å². The number of benzene rings is 1. The lowest BCUT2D eigenvalue weighted by Gasteiger charge is -2.40. The Morgan fingerprint density at radius 3 is 2.78 bits per heavy atom. The zero-order valence-electron chi connectivity index (χ0n) is 18.7. The number of hydrogen-bond donors (Lipinski definition) is 3. The van der Waals surface area contributed by atoms with Crippen LogP contribution in [0.3, 0.4) is 0 Å². The first-order valence-corrected chi connectivity index (χ1v) is 10.6. The van der Waals surface area contributed by atoms with E-state index in [0.29, 0.717) is 11.0 Å². The molecule has 1 fully saturated rings. The van der Waals surface area contributed by atoms with Gasteiger partial charge in [0.2, 0.25) is 0 Å². The lowest BCUT2D eigenvalue weighted by atomic mass is 9.94. The van der Waals surface area contributed by atoms with Crippen LogP contribution in [0.5, 0.6) is 0 Å². The third kappa shape index (κ3) is 3.81. The Morgan fingerprint density at radius 2 is 2.03 bits per heavy atom. The van der Waals surface area contributed by atoms with Gasteiger partial charge < -0.3 is 25.4 Å². The Kier molecular flexibility index (Phi) is 5.61. The first kappa shape index (κ1) is 23.3. The highest BCUT2D eigenvalue weighted by atomic mass is 19.1. The number of nitrogen functional groups attached to an aromatic ring is 1. The molecule has 1 aliphatic heterocycles. The van der Waals surface area contributed by atoms with Gasteiger partial charge in [-0.05, 0) is 19.1 Å². The van der Waals surface area contributed by atoms with E-state index in [2.05, 4.69) is 20.6 Å². The number of morpholine rings is 1. The summed E-state index contributed by atoms with van der Waals surface area (Å²) in [4.78, 5) is 30.7. The standard InChI is InChI=1S/C22H19F2N7O5/c1-22(18(32)20(33)27-11-2-3-12-15(8-11)36-29-19(12)25)21(34)30(6-7-35-22)16-4-5-31(28-16)17-13(23)9-26-10-14(17)24/h2-5,8-10,18,32H,6-7H2,1H3,(H2,25,29)(H,27,33). The Hall–Kier alpha value is -4.43. The van der Waals surface area contributed by atoms with Crippen molar-refractivity contribution in [2.45, 2.75) is 18.6 Å². The average molecular weight is 499 g/mol. The van der Waals surface area contributed by atoms with Crippen molar-refractivity contribution in [1.82, 2.24) is 19.9 Å². The molecule has 12 nitrogen and oxygen atoms in total. The first-order valence-electron chi connectivity index (χ1n) is 10.6. The van der Waals surface area contributed by atoms with Crippen LogP contribution < -0.4 is 16.0 Å². The normalized spacial score (nSPS) is 19.0. The van der Waals surface area contributed by atoms with E-state index in [9.17, 15) is 23.5 Å². The lowest BCUT2D eigenvalue weighted by molar-refractivity contribution is -0.170. The van der Waals surface area contributed by atoms with Crippen LogP contribution in [0.15, 0.2) is 47.4 Å². The maximum Gasteiger partial charge on any atom is 0.263 e. The third-order valence-corrected chi connectivity index (χ3v) is 5.83. The lowest BCUT2D eigenvalue weighted by Crippen LogP contribution is -2.63. The van der Waals surface area contributed by atoms with E-state index in [1.165, 1.54) is 31.3 Å². The van der Waals surface area contributed by atoms with Crippen LogP contribution in [0.2, 0.25) is 0 Å². The fourth-order valence-electron chi connectivity index (χ4n) is 3.90. The number of nitrogens with one attached hydrogen (secondary N) is 1. The van der Waals surface area contributed by atoms with Crippen molar-refractivity contribution < 1.29 is 32.7 Å². The number of aromatic nitrogens is 4. The average Bonchev–Trinajstić information content (AvgIpc) is 3.47. The van der Waals surface area contributed by atoms with Gasteiger partial charge >= 0.3 is 0 Å². The van der Waals surface area contributed by atoms with Crippen LogP contribution in [-0.2, 0) is 14.3 Å². The minimum absolute atomic E-state index is 0.0324. The van der Waals surface area contributed by atoms with Gasteiger partial charge in [-0.2, -0.15) is 0 Å². The molecule has 4 N–H and O–H groups in total. The summed E-state index contributed by atoms with van der Waals surface area (Å²) in [5, 5.41) is 21.6. The number of nitrogens with zero attached hydrogens (tertiary/aromatic N) is 5. The maximum absolute atomic E-state index is 14.1. The molecule has 4 heterocycles. The minimum Gasteiger partial charge on any atom is -0.380 e. The molecular weight excluding hydrogens is 480 g/mol. The number of amides is 2. The van der Waals surface area contributed by atoms with E-state index >= 15 is 0 Å². The van der Waals surface area contributed by atoms with Crippen molar-refractivity contribution in [2.75, 3.05) is 29.1 Å². The van der Waals surface area contributed by atoms with Crippen LogP contribution in [-0.4, -0.2) is 61.7 Å². The molecule has 0 saturated carbocycles. The Labute approximate surface area is 201 Å². The number of nitrogens with two attached hydrogens (primary N) is 1. The third-order valence-electron chi connectivity index (χ3n) is 5.83. The minimum atomic E-state index is -1.97. The number of ether oxygens (including phenoxy) is 1. The molecule has 0 radical (unpaired) electrons. The number of pyridine rings is 1. The monoisotopic (exact) mass is 499 g/mol. The Balaban J connectivity index is 1.36. The Morgan fingerprint density at radius 1 is 1.28 bits per heavy atom. The number of anilines is 3. The van der Waals surface area contributed by atoms with E-state index in [0.717, 1.165) is 22.0 Å². The van der Waals surface area contributed by atoms with Crippen molar-refractivity contribution in [2.24, 2.45) is 0 Å². The predicted molar refractivity (Wildman–Crippen MR) is 121 cm³/mol. The molecule has 186 valence electrons. The molecule has 4 aromatic rings. The maximum atomic E-state index is 14.1. The van der Waals surface area contributed by atoms with Crippen LogP contribution in [0, 0.1) is 11.6 Å². The topological polar surface area (TPSA) is 162 Å². The highest BCUT2D eigenvalue weighted by molar-refractivity contribution is 6.06. The molecule has 36 heavy (non-hydrogen) atoms. The van der Waals surface area contributed by atoms with Crippen molar-refractivity contribution in [3.05, 3.63) is 54.5 Å². The van der Waals surface area contributed by atoms with E-state index in [1.807, 2.05) is 0 Å². The number of aliphatic hydroxyl groups excluding tert-OH is 1. The summed E-state index contributed by atoms with van der Waals surface area (Å²) in [6, 6.07) is 5.95. The van der Waals surface area contributed by atoms with Gasteiger partial charge in [0.15, 0.2) is 40.6 Å². The molecule has 0 spiro atoms. The fraction of sp³-hybridized carbons (Fsp3) is 0.227. The number of hydrogen-bond acceptors (Lipinski definition) is 9. The number of carbonyl (C=O) groups is 2. The van der Waals surface area contributed by atoms with Gasteiger partial charge in [0.25, 0.3) is 11.8 Å². The second-order valence-corrected chi connectivity index (χ2v) is 8.15. The second-order valence-electron chi connectivity index (χ2n) is 8.15. The summed E-state index contributed by atoms with van der Waals surface area (Å²) in [5.74, 6) is -3.33. The van der Waals surface area contributed by atoms with Gasteiger partial charge in [0.1, 0.15) is 5.69 Å². The molecule has 2 atom stereocenters.